The number of hydrogen-bond donors (Lipinski definition) is 0. The van der Waals surface area contributed by atoms with Gasteiger partial charge in [-0.1, -0.05) is 36.6 Å². The van der Waals surface area contributed by atoms with Gasteiger partial charge in [0.2, 0.25) is 0 Å². The van der Waals surface area contributed by atoms with E-state index in [9.17, 15) is 9.59 Å². The van der Waals surface area contributed by atoms with E-state index in [2.05, 4.69) is 0 Å². The quantitative estimate of drug-likeness (QED) is 0.456. The predicted octanol–water partition coefficient (Wildman–Crippen LogP) is 4.85. The van der Waals surface area contributed by atoms with E-state index >= 15 is 0 Å². The highest BCUT2D eigenvalue weighted by molar-refractivity contribution is 6.43. The standard InChI is InChI=1S/C23H23ClN2O3/c1-29-20-10-9-16(14-19(20)24)18-15-17-8-4-7-13-26(17)21(18)22(27)23(28)25-11-5-2-3-6-12-25/h4,7-10,13-15H,2-3,5-6,11-12H2,1H3. The van der Waals surface area contributed by atoms with Gasteiger partial charge in [-0.25, -0.2) is 0 Å². The number of fused-ring (bicyclic) bond motifs is 1. The number of methoxy groups -OCH3 is 1. The van der Waals surface area contributed by atoms with Crippen LogP contribution in [0.5, 0.6) is 5.75 Å². The van der Waals surface area contributed by atoms with Crippen molar-refractivity contribution in [3.63, 3.8) is 0 Å². The van der Waals surface area contributed by atoms with Crippen LogP contribution in [0, 0.1) is 0 Å². The van der Waals surface area contributed by atoms with Crippen LogP contribution in [0.15, 0.2) is 48.7 Å². The molecule has 150 valence electrons. The monoisotopic (exact) mass is 410 g/mol. The first-order valence-electron chi connectivity index (χ1n) is 9.88. The summed E-state index contributed by atoms with van der Waals surface area (Å²) in [5.74, 6) is -0.357. The molecule has 1 aromatic carbocycles. The molecule has 0 unspecified atom stereocenters. The van der Waals surface area contributed by atoms with Gasteiger partial charge in [-0.15, -0.1) is 0 Å². The molecule has 1 saturated heterocycles. The van der Waals surface area contributed by atoms with Gasteiger partial charge in [0, 0.05) is 30.4 Å². The largest absolute Gasteiger partial charge is 0.495 e. The molecule has 0 aliphatic carbocycles. The van der Waals surface area contributed by atoms with Crippen molar-refractivity contribution in [1.29, 1.82) is 0 Å². The smallest absolute Gasteiger partial charge is 0.296 e. The van der Waals surface area contributed by atoms with Crippen molar-refractivity contribution in [2.75, 3.05) is 20.2 Å². The first-order valence-corrected chi connectivity index (χ1v) is 10.3. The fraction of sp³-hybridized carbons (Fsp3) is 0.304. The number of rotatable bonds is 4. The van der Waals surface area contributed by atoms with Crippen molar-refractivity contribution in [2.45, 2.75) is 25.7 Å². The number of benzene rings is 1. The summed E-state index contributed by atoms with van der Waals surface area (Å²) in [6.45, 7) is 1.27. The van der Waals surface area contributed by atoms with Crippen LogP contribution >= 0.6 is 11.6 Å². The Hall–Kier alpha value is -2.79. The lowest BCUT2D eigenvalue weighted by Gasteiger charge is -2.19. The van der Waals surface area contributed by atoms with Crippen LogP contribution in [0.2, 0.25) is 5.02 Å². The van der Waals surface area contributed by atoms with E-state index in [4.69, 9.17) is 16.3 Å². The Kier molecular flexibility index (Phi) is 5.58. The fourth-order valence-electron chi connectivity index (χ4n) is 3.93. The SMILES string of the molecule is COc1ccc(-c2cc3ccccn3c2C(=O)C(=O)N2CCCCCC2)cc1Cl. The van der Waals surface area contributed by atoms with Crippen LogP contribution in [0.1, 0.15) is 36.2 Å². The summed E-state index contributed by atoms with van der Waals surface area (Å²) in [4.78, 5) is 28.1. The summed E-state index contributed by atoms with van der Waals surface area (Å²) in [6.07, 6.45) is 5.89. The zero-order valence-electron chi connectivity index (χ0n) is 16.4. The number of carbonyl (C=O) groups is 2. The molecular weight excluding hydrogens is 388 g/mol. The number of ketones is 1. The lowest BCUT2D eigenvalue weighted by molar-refractivity contribution is -0.126. The highest BCUT2D eigenvalue weighted by Crippen LogP contribution is 2.34. The highest BCUT2D eigenvalue weighted by Gasteiger charge is 2.29. The Balaban J connectivity index is 1.80. The topological polar surface area (TPSA) is 51.0 Å². The van der Waals surface area contributed by atoms with Gasteiger partial charge in [0.15, 0.2) is 0 Å². The van der Waals surface area contributed by atoms with Crippen molar-refractivity contribution in [3.8, 4) is 16.9 Å². The number of pyridine rings is 1. The van der Waals surface area contributed by atoms with Gasteiger partial charge >= 0.3 is 0 Å². The summed E-state index contributed by atoms with van der Waals surface area (Å²) in [5, 5.41) is 0.456. The predicted molar refractivity (Wildman–Crippen MR) is 114 cm³/mol. The second kappa shape index (κ2) is 8.29. The number of hydrogen-bond acceptors (Lipinski definition) is 3. The van der Waals surface area contributed by atoms with Crippen LogP contribution in [0.4, 0.5) is 0 Å². The minimum absolute atomic E-state index is 0.371. The van der Waals surface area contributed by atoms with Gasteiger partial charge in [0.25, 0.3) is 11.7 Å². The van der Waals surface area contributed by atoms with E-state index in [1.807, 2.05) is 36.5 Å². The number of halogens is 1. The number of ether oxygens (including phenoxy) is 1. The summed E-state index contributed by atoms with van der Waals surface area (Å²) in [5.41, 5.74) is 2.68. The summed E-state index contributed by atoms with van der Waals surface area (Å²) in [7, 11) is 1.56. The van der Waals surface area contributed by atoms with E-state index in [-0.39, 0.29) is 0 Å². The Labute approximate surface area is 174 Å². The third-order valence-corrected chi connectivity index (χ3v) is 5.74. The molecule has 1 aliphatic heterocycles. The maximum atomic E-state index is 13.4. The van der Waals surface area contributed by atoms with E-state index in [1.54, 1.807) is 28.5 Å². The minimum atomic E-state index is -0.486. The van der Waals surface area contributed by atoms with Crippen molar-refractivity contribution in [1.82, 2.24) is 9.30 Å². The third-order valence-electron chi connectivity index (χ3n) is 5.45. The van der Waals surface area contributed by atoms with E-state index in [1.165, 1.54) is 0 Å². The first-order chi connectivity index (χ1) is 14.1. The number of aromatic nitrogens is 1. The van der Waals surface area contributed by atoms with Crippen molar-refractivity contribution in [2.24, 2.45) is 0 Å². The molecule has 3 heterocycles. The van der Waals surface area contributed by atoms with Crippen molar-refractivity contribution < 1.29 is 14.3 Å². The van der Waals surface area contributed by atoms with Gasteiger partial charge in [-0.3, -0.25) is 9.59 Å². The number of likely N-dealkylation sites (tertiary alicyclic amines) is 1. The molecule has 6 heteroatoms. The molecule has 1 fully saturated rings. The van der Waals surface area contributed by atoms with Gasteiger partial charge in [-0.2, -0.15) is 0 Å². The molecular formula is C23H23ClN2O3. The molecule has 3 aromatic rings. The highest BCUT2D eigenvalue weighted by atomic mass is 35.5. The maximum Gasteiger partial charge on any atom is 0.296 e. The van der Waals surface area contributed by atoms with Crippen LogP contribution in [0.25, 0.3) is 16.6 Å². The molecule has 1 aliphatic rings. The molecule has 0 bridgehead atoms. The second-order valence-electron chi connectivity index (χ2n) is 7.29. The molecule has 0 N–H and O–H groups in total. The van der Waals surface area contributed by atoms with Gasteiger partial charge in [0.05, 0.1) is 12.1 Å². The van der Waals surface area contributed by atoms with Crippen LogP contribution < -0.4 is 4.74 Å². The number of carbonyl (C=O) groups excluding carboxylic acids is 2. The molecule has 1 amide bonds. The third kappa shape index (κ3) is 3.75. The molecule has 2 aromatic heterocycles. The average Bonchev–Trinajstić information content (AvgIpc) is 2.91. The van der Waals surface area contributed by atoms with Crippen molar-refractivity contribution >= 4 is 28.8 Å². The molecule has 5 nitrogen and oxygen atoms in total. The molecule has 0 spiro atoms. The molecule has 29 heavy (non-hydrogen) atoms. The summed E-state index contributed by atoms with van der Waals surface area (Å²) >= 11 is 6.32. The van der Waals surface area contributed by atoms with Crippen LogP contribution in [0.3, 0.4) is 0 Å². The van der Waals surface area contributed by atoms with E-state index in [0.29, 0.717) is 35.1 Å². The van der Waals surface area contributed by atoms with E-state index in [0.717, 1.165) is 36.8 Å². The average molecular weight is 411 g/mol. The van der Waals surface area contributed by atoms with Crippen LogP contribution in [-0.2, 0) is 4.79 Å². The zero-order valence-corrected chi connectivity index (χ0v) is 17.1. The summed E-state index contributed by atoms with van der Waals surface area (Å²) < 4.78 is 7.02. The minimum Gasteiger partial charge on any atom is -0.495 e. The second-order valence-corrected chi connectivity index (χ2v) is 7.69. The van der Waals surface area contributed by atoms with Gasteiger partial charge in [-0.05, 0) is 48.7 Å². The maximum absolute atomic E-state index is 13.4. The number of amides is 1. The Morgan fingerprint density at radius 3 is 2.45 bits per heavy atom. The lowest BCUT2D eigenvalue weighted by Crippen LogP contribution is -2.37. The Morgan fingerprint density at radius 1 is 1.00 bits per heavy atom. The fourth-order valence-corrected chi connectivity index (χ4v) is 4.19. The van der Waals surface area contributed by atoms with Crippen LogP contribution in [-0.4, -0.2) is 41.2 Å². The lowest BCUT2D eigenvalue weighted by atomic mass is 10.0. The molecule has 0 saturated carbocycles. The Bertz CT molecular complexity index is 1070. The van der Waals surface area contributed by atoms with Gasteiger partial charge < -0.3 is 14.0 Å². The summed E-state index contributed by atoms with van der Waals surface area (Å²) in [6, 6.07) is 13.0. The van der Waals surface area contributed by atoms with Gasteiger partial charge in [0.1, 0.15) is 11.4 Å². The molecule has 0 radical (unpaired) electrons. The molecule has 4 rings (SSSR count). The molecule has 0 atom stereocenters. The van der Waals surface area contributed by atoms with Crippen molar-refractivity contribution in [3.05, 3.63) is 59.4 Å². The normalized spacial score (nSPS) is 14.6. The number of Topliss-reactive ketones (excluding diaryl/α,β-unsaturated/α-hetero) is 1. The zero-order chi connectivity index (χ0) is 20.4. The number of nitrogens with zero attached hydrogens (tertiary/aromatic N) is 2. The Morgan fingerprint density at radius 2 is 1.76 bits per heavy atom. The first kappa shape index (κ1) is 19.5. The van der Waals surface area contributed by atoms with E-state index < -0.39 is 11.7 Å².